The van der Waals surface area contributed by atoms with Gasteiger partial charge in [0.05, 0.1) is 29.4 Å². The lowest BCUT2D eigenvalue weighted by Crippen LogP contribution is -2.25. The lowest BCUT2D eigenvalue weighted by atomic mass is 9.71. The molecular weight excluding hydrogens is 913 g/mol. The van der Waals surface area contributed by atoms with Crippen LogP contribution < -0.4 is 14.2 Å². The molecule has 338 valence electrons. The van der Waals surface area contributed by atoms with Gasteiger partial charge < -0.3 is 14.2 Å². The van der Waals surface area contributed by atoms with E-state index in [1.54, 1.807) is 127 Å². The summed E-state index contributed by atoms with van der Waals surface area (Å²) in [6.07, 6.45) is 0. The Balaban J connectivity index is 0.967. The summed E-state index contributed by atoms with van der Waals surface area (Å²) in [5, 5.41) is 0. The molecule has 9 nitrogen and oxygen atoms in total. The van der Waals surface area contributed by atoms with Crippen molar-refractivity contribution in [1.82, 2.24) is 0 Å². The van der Waals surface area contributed by atoms with Gasteiger partial charge in [0.25, 0.3) is 0 Å². The fraction of sp³-hybridized carbons (Fsp3) is 0.0357. The molecule has 0 amide bonds. The van der Waals surface area contributed by atoms with Crippen LogP contribution in [0.1, 0.15) is 23.6 Å². The molecule has 9 aromatic carbocycles. The molecule has 0 radical (unpaired) electrons. The monoisotopic (exact) mass is 954 g/mol. The number of sulfone groups is 3. The number of rotatable bonds is 15. The van der Waals surface area contributed by atoms with E-state index in [1.165, 1.54) is 36.4 Å². The molecule has 0 aliphatic heterocycles. The largest absolute Gasteiger partial charge is 0.457 e. The second-order valence-corrected chi connectivity index (χ2v) is 21.7. The molecule has 0 fully saturated rings. The van der Waals surface area contributed by atoms with Crippen molar-refractivity contribution in [2.75, 3.05) is 0 Å². The van der Waals surface area contributed by atoms with E-state index in [9.17, 15) is 25.3 Å². The molecule has 0 saturated heterocycles. The minimum absolute atomic E-state index is 0.161. The van der Waals surface area contributed by atoms with E-state index in [4.69, 9.17) is 14.2 Å². The molecule has 12 heteroatoms. The number of ether oxygens (including phenoxy) is 3. The van der Waals surface area contributed by atoms with Crippen molar-refractivity contribution in [2.45, 2.75) is 41.7 Å². The molecule has 0 spiro atoms. The highest BCUT2D eigenvalue weighted by Crippen LogP contribution is 2.42. The van der Waals surface area contributed by atoms with E-state index in [1.807, 2.05) is 72.8 Å². The van der Waals surface area contributed by atoms with Crippen LogP contribution in [0.2, 0.25) is 0 Å². The zero-order chi connectivity index (χ0) is 47.4. The van der Waals surface area contributed by atoms with Crippen molar-refractivity contribution in [3.63, 3.8) is 0 Å². The van der Waals surface area contributed by atoms with E-state index >= 15 is 0 Å². The lowest BCUT2D eigenvalue weighted by molar-refractivity contribution is 0.480. The quantitative estimate of drug-likeness (QED) is 0.0922. The van der Waals surface area contributed by atoms with Crippen LogP contribution in [0.5, 0.6) is 34.5 Å². The Morgan fingerprint density at radius 2 is 0.426 bits per heavy atom. The Bertz CT molecular complexity index is 3120. The topological polar surface area (TPSA) is 130 Å². The first-order valence-electron chi connectivity index (χ1n) is 21.4. The molecule has 9 rings (SSSR count). The highest BCUT2D eigenvalue weighted by Gasteiger charge is 2.32. The second-order valence-electron chi connectivity index (χ2n) is 15.9. The van der Waals surface area contributed by atoms with E-state index < -0.39 is 34.9 Å². The van der Waals surface area contributed by atoms with Gasteiger partial charge in [-0.1, -0.05) is 91.0 Å². The Kier molecular flexibility index (Phi) is 12.6. The summed E-state index contributed by atoms with van der Waals surface area (Å²) in [5.74, 6) is 3.06. The molecule has 0 atom stereocenters. The summed E-state index contributed by atoms with van der Waals surface area (Å²) in [5.41, 5.74) is 2.06. The number of hydrogen-bond acceptors (Lipinski definition) is 9. The van der Waals surface area contributed by atoms with Gasteiger partial charge in [0.1, 0.15) is 34.5 Å². The van der Waals surface area contributed by atoms with Crippen molar-refractivity contribution in [1.29, 1.82) is 0 Å². The van der Waals surface area contributed by atoms with Gasteiger partial charge >= 0.3 is 0 Å². The molecule has 0 N–H and O–H groups in total. The van der Waals surface area contributed by atoms with Crippen LogP contribution in [0.3, 0.4) is 0 Å². The normalized spacial score (nSPS) is 12.0. The molecule has 0 aliphatic rings. The van der Waals surface area contributed by atoms with Crippen molar-refractivity contribution < 1.29 is 39.5 Å². The molecule has 9 aromatic rings. The molecule has 0 heterocycles. The minimum Gasteiger partial charge on any atom is -0.457 e. The predicted molar refractivity (Wildman–Crippen MR) is 260 cm³/mol. The van der Waals surface area contributed by atoms with Gasteiger partial charge in [0, 0.05) is 5.41 Å². The third kappa shape index (κ3) is 9.43. The maximum atomic E-state index is 13.1. The smallest absolute Gasteiger partial charge is 0.206 e. The van der Waals surface area contributed by atoms with Crippen LogP contribution >= 0.6 is 0 Å². The lowest BCUT2D eigenvalue weighted by Gasteiger charge is -2.32. The van der Waals surface area contributed by atoms with Crippen LogP contribution in [0, 0.1) is 0 Å². The van der Waals surface area contributed by atoms with Crippen LogP contribution in [-0.4, -0.2) is 25.3 Å². The first-order valence-corrected chi connectivity index (χ1v) is 25.8. The number of benzene rings is 9. The molecule has 0 aromatic heterocycles. The summed E-state index contributed by atoms with van der Waals surface area (Å²) in [6, 6.07) is 66.8. The third-order valence-corrected chi connectivity index (χ3v) is 16.9. The Hall–Kier alpha value is -7.77. The highest BCUT2D eigenvalue weighted by atomic mass is 32.2. The molecular formula is C56H42O9S3. The van der Waals surface area contributed by atoms with Crippen molar-refractivity contribution in [2.24, 2.45) is 0 Å². The second kappa shape index (κ2) is 18.8. The Morgan fingerprint density at radius 3 is 0.632 bits per heavy atom. The van der Waals surface area contributed by atoms with E-state index in [2.05, 4.69) is 6.92 Å². The molecule has 0 saturated carbocycles. The SMILES string of the molecule is CC(c1ccc(Oc2ccc(S(=O)(=O)c3ccccc3)cc2)cc1)(c1ccc(Oc2ccc(S(=O)(=O)c3ccccc3)cc2)cc1)c1ccc(Oc2ccc(S(=O)(=O)c3ccccc3)cc2)cc1. The van der Waals surface area contributed by atoms with Gasteiger partial charge in [-0.05, 0) is 169 Å². The zero-order valence-corrected chi connectivity index (χ0v) is 38.9. The number of hydrogen-bond donors (Lipinski definition) is 0. The summed E-state index contributed by atoms with van der Waals surface area (Å²) in [7, 11) is -11.0. The fourth-order valence-electron chi connectivity index (χ4n) is 7.74. The Morgan fingerprint density at radius 1 is 0.250 bits per heavy atom. The fourth-order valence-corrected chi connectivity index (χ4v) is 11.6. The van der Waals surface area contributed by atoms with Gasteiger partial charge in [0.2, 0.25) is 29.5 Å². The maximum absolute atomic E-state index is 13.1. The third-order valence-electron chi connectivity index (χ3n) is 11.6. The summed E-state index contributed by atoms with van der Waals surface area (Å²) in [6.45, 7) is 2.11. The van der Waals surface area contributed by atoms with Crippen molar-refractivity contribution >= 4 is 29.5 Å². The van der Waals surface area contributed by atoms with Gasteiger partial charge in [-0.15, -0.1) is 0 Å². The summed E-state index contributed by atoms with van der Waals surface area (Å²) >= 11 is 0. The van der Waals surface area contributed by atoms with Gasteiger partial charge in [0.15, 0.2) is 0 Å². The molecule has 0 bridgehead atoms. The van der Waals surface area contributed by atoms with Crippen LogP contribution in [0.25, 0.3) is 0 Å². The average molecular weight is 955 g/mol. The van der Waals surface area contributed by atoms with E-state index in [0.29, 0.717) is 34.5 Å². The van der Waals surface area contributed by atoms with Crippen LogP contribution in [0.4, 0.5) is 0 Å². The van der Waals surface area contributed by atoms with E-state index in [-0.39, 0.29) is 29.4 Å². The molecule has 0 aliphatic carbocycles. The Labute approximate surface area is 396 Å². The average Bonchev–Trinajstić information content (AvgIpc) is 3.38. The van der Waals surface area contributed by atoms with Gasteiger partial charge in [-0.25, -0.2) is 25.3 Å². The highest BCUT2D eigenvalue weighted by molar-refractivity contribution is 7.92. The van der Waals surface area contributed by atoms with Gasteiger partial charge in [-0.2, -0.15) is 0 Å². The first kappa shape index (κ1) is 45.4. The van der Waals surface area contributed by atoms with E-state index in [0.717, 1.165) is 16.7 Å². The first-order chi connectivity index (χ1) is 32.8. The van der Waals surface area contributed by atoms with Crippen LogP contribution in [-0.2, 0) is 34.9 Å². The summed E-state index contributed by atoms with van der Waals surface area (Å²) < 4.78 is 97.4. The zero-order valence-electron chi connectivity index (χ0n) is 36.4. The van der Waals surface area contributed by atoms with Crippen LogP contribution in [0.15, 0.2) is 266 Å². The van der Waals surface area contributed by atoms with Gasteiger partial charge in [-0.3, -0.25) is 0 Å². The van der Waals surface area contributed by atoms with Crippen molar-refractivity contribution in [3.8, 4) is 34.5 Å². The standard InChI is InChI=1S/C56H42O9S3/c1-56(41-17-23-44(24-18-41)63-47-29-35-53(36-30-47)66(57,58)50-11-5-2-6-12-50,42-19-25-45(26-20-42)64-48-31-37-54(38-32-48)67(59,60)51-13-7-3-8-14-51)43-21-27-46(28-22-43)65-49-33-39-55(40-34-49)68(61,62)52-15-9-4-10-16-52/h2-40H,1H3. The minimum atomic E-state index is -3.68. The summed E-state index contributed by atoms with van der Waals surface area (Å²) in [4.78, 5) is 1.12. The van der Waals surface area contributed by atoms with Crippen molar-refractivity contribution in [3.05, 3.63) is 253 Å². The predicted octanol–water partition coefficient (Wildman–Crippen LogP) is 12.9. The molecule has 0 unspecified atom stereocenters. The maximum Gasteiger partial charge on any atom is 0.206 e. The molecule has 68 heavy (non-hydrogen) atoms.